The zero-order valence-corrected chi connectivity index (χ0v) is 17.3. The summed E-state index contributed by atoms with van der Waals surface area (Å²) in [5, 5.41) is 7.17. The first-order chi connectivity index (χ1) is 14.9. The van der Waals surface area contributed by atoms with Crippen molar-refractivity contribution in [3.05, 3.63) is 48.0 Å². The molecule has 0 fully saturated rings. The largest absolute Gasteiger partial charge is 0.497 e. The van der Waals surface area contributed by atoms with Crippen molar-refractivity contribution >= 4 is 35.1 Å². The van der Waals surface area contributed by atoms with Crippen molar-refractivity contribution in [2.24, 2.45) is 0 Å². The van der Waals surface area contributed by atoms with Crippen LogP contribution in [0.4, 0.5) is 11.4 Å². The molecule has 0 atom stereocenters. The number of ether oxygens (including phenoxy) is 3. The van der Waals surface area contributed by atoms with E-state index in [0.29, 0.717) is 28.4 Å². The van der Waals surface area contributed by atoms with Gasteiger partial charge in [-0.2, -0.15) is 0 Å². The van der Waals surface area contributed by atoms with Crippen LogP contribution in [0.1, 0.15) is 17.3 Å². The maximum atomic E-state index is 12.1. The molecule has 0 saturated heterocycles. The van der Waals surface area contributed by atoms with E-state index in [4.69, 9.17) is 14.2 Å². The highest BCUT2D eigenvalue weighted by molar-refractivity contribution is 6.39. The minimum absolute atomic E-state index is 0.246. The molecule has 0 bridgehead atoms. The molecule has 2 rings (SSSR count). The van der Waals surface area contributed by atoms with E-state index < -0.39 is 30.2 Å². The lowest BCUT2D eigenvalue weighted by Crippen LogP contribution is -2.39. The number of methoxy groups -OCH3 is 2. The van der Waals surface area contributed by atoms with Crippen LogP contribution in [0.2, 0.25) is 0 Å². The molecule has 0 spiro atoms. The molecule has 0 heterocycles. The van der Waals surface area contributed by atoms with E-state index in [-0.39, 0.29) is 6.61 Å². The number of esters is 1. The van der Waals surface area contributed by atoms with Gasteiger partial charge in [-0.3, -0.25) is 14.4 Å². The van der Waals surface area contributed by atoms with Gasteiger partial charge in [-0.05, 0) is 43.3 Å². The van der Waals surface area contributed by atoms with Crippen molar-refractivity contribution in [2.45, 2.75) is 6.92 Å². The first-order valence-corrected chi connectivity index (χ1v) is 9.26. The first kappa shape index (κ1) is 23.2. The Hall–Kier alpha value is -4.08. The molecule has 0 aliphatic heterocycles. The minimum Gasteiger partial charge on any atom is -0.497 e. The molecule has 164 valence electrons. The topological polar surface area (TPSA) is 132 Å². The zero-order chi connectivity index (χ0) is 22.8. The molecule has 10 nitrogen and oxygen atoms in total. The minimum atomic E-state index is -0.998. The van der Waals surface area contributed by atoms with Crippen LogP contribution in [0.5, 0.6) is 11.5 Å². The number of amides is 3. The summed E-state index contributed by atoms with van der Waals surface area (Å²) < 4.78 is 15.1. The Balaban J connectivity index is 1.87. The van der Waals surface area contributed by atoms with Gasteiger partial charge < -0.3 is 30.2 Å². The van der Waals surface area contributed by atoms with Gasteiger partial charge in [0.05, 0.1) is 38.6 Å². The quantitative estimate of drug-likeness (QED) is 0.429. The summed E-state index contributed by atoms with van der Waals surface area (Å²) in [5.41, 5.74) is 0.972. The Morgan fingerprint density at radius 2 is 1.58 bits per heavy atom. The second-order valence-electron chi connectivity index (χ2n) is 6.05. The highest BCUT2D eigenvalue weighted by atomic mass is 16.5. The number of hydrogen-bond acceptors (Lipinski definition) is 7. The van der Waals surface area contributed by atoms with Crippen LogP contribution in [0.25, 0.3) is 0 Å². The third-order valence-electron chi connectivity index (χ3n) is 3.95. The number of anilines is 2. The average molecular weight is 429 g/mol. The maximum absolute atomic E-state index is 12.1. The molecule has 0 aromatic heterocycles. The summed E-state index contributed by atoms with van der Waals surface area (Å²) in [6.45, 7) is 1.50. The van der Waals surface area contributed by atoms with Crippen molar-refractivity contribution in [1.29, 1.82) is 0 Å². The standard InChI is InChI=1S/C21H23N3O7/c1-4-31-21(28)13-5-7-14(8-6-13)23-20(27)19(26)22-12-18(25)24-16-11-15(29-2)9-10-17(16)30-3/h5-11H,4,12H2,1-3H3,(H,22,26)(H,23,27)(H,24,25). The number of carbonyl (C=O) groups excluding carboxylic acids is 4. The molecule has 2 aromatic carbocycles. The van der Waals surface area contributed by atoms with Gasteiger partial charge in [-0.15, -0.1) is 0 Å². The van der Waals surface area contributed by atoms with Gasteiger partial charge in [-0.25, -0.2) is 4.79 Å². The second kappa shape index (κ2) is 11.2. The van der Waals surface area contributed by atoms with Crippen LogP contribution in [-0.2, 0) is 19.1 Å². The Kier molecular flexibility index (Phi) is 8.38. The molecule has 3 amide bonds. The average Bonchev–Trinajstić information content (AvgIpc) is 2.77. The summed E-state index contributed by atoms with van der Waals surface area (Å²) in [7, 11) is 2.93. The molecule has 0 aliphatic carbocycles. The van der Waals surface area contributed by atoms with Crippen LogP contribution < -0.4 is 25.4 Å². The molecule has 31 heavy (non-hydrogen) atoms. The molecule has 0 unspecified atom stereocenters. The number of benzene rings is 2. The summed E-state index contributed by atoms with van der Waals surface area (Å²) in [5.74, 6) is -2.10. The Labute approximate surface area is 178 Å². The van der Waals surface area contributed by atoms with Crippen LogP contribution >= 0.6 is 0 Å². The Morgan fingerprint density at radius 3 is 2.19 bits per heavy atom. The lowest BCUT2D eigenvalue weighted by atomic mass is 10.2. The second-order valence-corrected chi connectivity index (χ2v) is 6.05. The van der Waals surface area contributed by atoms with Gasteiger partial charge in [0.1, 0.15) is 11.5 Å². The molecule has 10 heteroatoms. The van der Waals surface area contributed by atoms with Crippen molar-refractivity contribution in [3.8, 4) is 11.5 Å². The van der Waals surface area contributed by atoms with E-state index in [2.05, 4.69) is 16.0 Å². The third kappa shape index (κ3) is 6.74. The molecular formula is C21H23N3O7. The molecule has 0 aliphatic rings. The van der Waals surface area contributed by atoms with Crippen molar-refractivity contribution in [3.63, 3.8) is 0 Å². The van der Waals surface area contributed by atoms with Gasteiger partial charge in [0.15, 0.2) is 0 Å². The van der Waals surface area contributed by atoms with Gasteiger partial charge in [0, 0.05) is 11.8 Å². The fraction of sp³-hybridized carbons (Fsp3) is 0.238. The molecule has 2 aromatic rings. The lowest BCUT2D eigenvalue weighted by molar-refractivity contribution is -0.136. The van der Waals surface area contributed by atoms with E-state index in [1.54, 1.807) is 25.1 Å². The highest BCUT2D eigenvalue weighted by Crippen LogP contribution is 2.28. The van der Waals surface area contributed by atoms with E-state index in [9.17, 15) is 19.2 Å². The maximum Gasteiger partial charge on any atom is 0.338 e. The van der Waals surface area contributed by atoms with Crippen molar-refractivity contribution < 1.29 is 33.4 Å². The van der Waals surface area contributed by atoms with E-state index in [0.717, 1.165) is 0 Å². The summed E-state index contributed by atoms with van der Waals surface area (Å²) in [6.07, 6.45) is 0. The number of rotatable bonds is 8. The monoisotopic (exact) mass is 429 g/mol. The lowest BCUT2D eigenvalue weighted by Gasteiger charge is -2.12. The van der Waals surface area contributed by atoms with Crippen molar-refractivity contribution in [1.82, 2.24) is 5.32 Å². The fourth-order valence-electron chi connectivity index (χ4n) is 2.44. The van der Waals surface area contributed by atoms with Gasteiger partial charge in [0.2, 0.25) is 5.91 Å². The number of nitrogens with one attached hydrogen (secondary N) is 3. The van der Waals surface area contributed by atoms with E-state index in [1.807, 2.05) is 0 Å². The summed E-state index contributed by atoms with van der Waals surface area (Å²) in [4.78, 5) is 47.7. The van der Waals surface area contributed by atoms with Crippen molar-refractivity contribution in [2.75, 3.05) is 38.0 Å². The van der Waals surface area contributed by atoms with Gasteiger partial charge in [0.25, 0.3) is 0 Å². The Morgan fingerprint density at radius 1 is 0.871 bits per heavy atom. The molecule has 3 N–H and O–H groups in total. The predicted octanol–water partition coefficient (Wildman–Crippen LogP) is 1.57. The van der Waals surface area contributed by atoms with Crippen LogP contribution in [-0.4, -0.2) is 51.1 Å². The molecule has 0 saturated carbocycles. The molecule has 0 radical (unpaired) electrons. The third-order valence-corrected chi connectivity index (χ3v) is 3.95. The predicted molar refractivity (Wildman–Crippen MR) is 112 cm³/mol. The fourth-order valence-corrected chi connectivity index (χ4v) is 2.44. The summed E-state index contributed by atoms with van der Waals surface area (Å²) >= 11 is 0. The van der Waals surface area contributed by atoms with E-state index in [1.165, 1.54) is 38.5 Å². The van der Waals surface area contributed by atoms with E-state index >= 15 is 0 Å². The smallest absolute Gasteiger partial charge is 0.338 e. The first-order valence-electron chi connectivity index (χ1n) is 9.26. The SMILES string of the molecule is CCOC(=O)c1ccc(NC(=O)C(=O)NCC(=O)Nc2cc(OC)ccc2OC)cc1. The van der Waals surface area contributed by atoms with Crippen LogP contribution in [0, 0.1) is 0 Å². The number of carbonyl (C=O) groups is 4. The van der Waals surface area contributed by atoms with Crippen LogP contribution in [0.15, 0.2) is 42.5 Å². The van der Waals surface area contributed by atoms with Gasteiger partial charge in [-0.1, -0.05) is 0 Å². The number of hydrogen-bond donors (Lipinski definition) is 3. The zero-order valence-electron chi connectivity index (χ0n) is 17.3. The van der Waals surface area contributed by atoms with Crippen LogP contribution in [0.3, 0.4) is 0 Å². The Bertz CT molecular complexity index is 958. The molecular weight excluding hydrogens is 406 g/mol. The summed E-state index contributed by atoms with van der Waals surface area (Å²) in [6, 6.07) is 10.7. The highest BCUT2D eigenvalue weighted by Gasteiger charge is 2.16. The normalized spacial score (nSPS) is 9.90. The van der Waals surface area contributed by atoms with Gasteiger partial charge >= 0.3 is 17.8 Å².